The summed E-state index contributed by atoms with van der Waals surface area (Å²) in [4.78, 5) is 4.28. The maximum absolute atomic E-state index is 12.8. The van der Waals surface area contributed by atoms with Gasteiger partial charge in [0.2, 0.25) is 10.0 Å². The van der Waals surface area contributed by atoms with Gasteiger partial charge in [0.05, 0.1) is 5.69 Å². The van der Waals surface area contributed by atoms with Crippen LogP contribution in [-0.4, -0.2) is 37.3 Å². The van der Waals surface area contributed by atoms with Crippen molar-refractivity contribution in [1.82, 2.24) is 9.29 Å². The standard InChI is InChI=1S/C14H23N3O2S/c1-3-7-16-13-6-8-15-10-14(13)20(18,19)17-9-4-5-12(2)11-17/h6,8,10,12H,3-5,7,9,11H2,1-2H3,(H,15,16). The van der Waals surface area contributed by atoms with E-state index in [0.29, 0.717) is 29.6 Å². The predicted molar refractivity (Wildman–Crippen MR) is 80.2 cm³/mol. The van der Waals surface area contributed by atoms with Gasteiger partial charge in [-0.3, -0.25) is 4.98 Å². The fourth-order valence-electron chi connectivity index (χ4n) is 2.49. The van der Waals surface area contributed by atoms with Gasteiger partial charge in [-0.1, -0.05) is 13.8 Å². The van der Waals surface area contributed by atoms with Crippen LogP contribution in [0.15, 0.2) is 23.4 Å². The van der Waals surface area contributed by atoms with Gasteiger partial charge in [0.1, 0.15) is 4.90 Å². The minimum absolute atomic E-state index is 0.294. The Balaban J connectivity index is 2.29. The third kappa shape index (κ3) is 3.30. The number of anilines is 1. The molecule has 1 aromatic heterocycles. The quantitative estimate of drug-likeness (QED) is 0.906. The van der Waals surface area contributed by atoms with Crippen LogP contribution in [-0.2, 0) is 10.0 Å². The van der Waals surface area contributed by atoms with Crippen molar-refractivity contribution in [2.45, 2.75) is 38.0 Å². The Kier molecular flexibility index (Phi) is 4.99. The Hall–Kier alpha value is -1.14. The summed E-state index contributed by atoms with van der Waals surface area (Å²) in [6.45, 7) is 6.11. The van der Waals surface area contributed by atoms with Crippen LogP contribution >= 0.6 is 0 Å². The predicted octanol–water partition coefficient (Wildman–Crippen LogP) is 2.32. The molecule has 1 unspecified atom stereocenters. The first kappa shape index (κ1) is 15.3. The summed E-state index contributed by atoms with van der Waals surface area (Å²) in [5.41, 5.74) is 0.653. The van der Waals surface area contributed by atoms with Gasteiger partial charge in [0.25, 0.3) is 0 Å². The topological polar surface area (TPSA) is 62.3 Å². The Morgan fingerprint density at radius 3 is 3.00 bits per heavy atom. The van der Waals surface area contributed by atoms with Crippen LogP contribution in [0.5, 0.6) is 0 Å². The molecule has 1 N–H and O–H groups in total. The lowest BCUT2D eigenvalue weighted by Crippen LogP contribution is -2.39. The molecule has 20 heavy (non-hydrogen) atoms. The summed E-state index contributed by atoms with van der Waals surface area (Å²) in [5.74, 6) is 0.419. The van der Waals surface area contributed by atoms with Crippen molar-refractivity contribution in [3.8, 4) is 0 Å². The van der Waals surface area contributed by atoms with E-state index in [2.05, 4.69) is 24.1 Å². The fraction of sp³-hybridized carbons (Fsp3) is 0.643. The van der Waals surface area contributed by atoms with E-state index in [0.717, 1.165) is 25.8 Å². The Labute approximate surface area is 121 Å². The second-order valence-corrected chi connectivity index (χ2v) is 7.32. The highest BCUT2D eigenvalue weighted by Gasteiger charge is 2.30. The highest BCUT2D eigenvalue weighted by atomic mass is 32.2. The molecule has 0 bridgehead atoms. The Morgan fingerprint density at radius 1 is 1.50 bits per heavy atom. The first-order valence-electron chi connectivity index (χ1n) is 7.23. The zero-order chi connectivity index (χ0) is 14.6. The number of rotatable bonds is 5. The Bertz CT molecular complexity index is 545. The monoisotopic (exact) mass is 297 g/mol. The molecule has 0 saturated carbocycles. The van der Waals surface area contributed by atoms with E-state index in [-0.39, 0.29) is 0 Å². The molecule has 2 heterocycles. The first-order chi connectivity index (χ1) is 9.55. The van der Waals surface area contributed by atoms with Crippen LogP contribution in [0.4, 0.5) is 5.69 Å². The van der Waals surface area contributed by atoms with Crippen LogP contribution in [0.2, 0.25) is 0 Å². The number of nitrogens with one attached hydrogen (secondary N) is 1. The summed E-state index contributed by atoms with van der Waals surface area (Å²) < 4.78 is 27.1. The van der Waals surface area contributed by atoms with Gasteiger partial charge in [0, 0.05) is 32.0 Å². The number of nitrogens with zero attached hydrogens (tertiary/aromatic N) is 2. The number of hydrogen-bond acceptors (Lipinski definition) is 4. The van der Waals surface area contributed by atoms with Crippen molar-refractivity contribution in [2.24, 2.45) is 5.92 Å². The highest BCUT2D eigenvalue weighted by Crippen LogP contribution is 2.27. The summed E-state index contributed by atoms with van der Waals surface area (Å²) in [5, 5.41) is 3.17. The summed E-state index contributed by atoms with van der Waals surface area (Å²) >= 11 is 0. The van der Waals surface area contributed by atoms with Gasteiger partial charge in [0.15, 0.2) is 0 Å². The second kappa shape index (κ2) is 6.54. The molecule has 1 aliphatic heterocycles. The van der Waals surface area contributed by atoms with Crippen molar-refractivity contribution in [1.29, 1.82) is 0 Å². The molecule has 0 radical (unpaired) electrons. The molecule has 1 saturated heterocycles. The minimum atomic E-state index is -3.45. The average Bonchev–Trinajstić information content (AvgIpc) is 2.45. The fourth-order valence-corrected chi connectivity index (χ4v) is 4.21. The van der Waals surface area contributed by atoms with Crippen LogP contribution in [0.25, 0.3) is 0 Å². The van der Waals surface area contributed by atoms with Crippen molar-refractivity contribution < 1.29 is 8.42 Å². The van der Waals surface area contributed by atoms with Crippen molar-refractivity contribution in [3.63, 3.8) is 0 Å². The minimum Gasteiger partial charge on any atom is -0.384 e. The largest absolute Gasteiger partial charge is 0.384 e. The zero-order valence-electron chi connectivity index (χ0n) is 12.2. The summed E-state index contributed by atoms with van der Waals surface area (Å²) in [7, 11) is -3.45. The lowest BCUT2D eigenvalue weighted by molar-refractivity contribution is 0.281. The molecule has 0 aromatic carbocycles. The van der Waals surface area contributed by atoms with Crippen molar-refractivity contribution in [2.75, 3.05) is 25.0 Å². The number of aromatic nitrogens is 1. The van der Waals surface area contributed by atoms with Crippen molar-refractivity contribution >= 4 is 15.7 Å². The first-order valence-corrected chi connectivity index (χ1v) is 8.67. The molecule has 2 rings (SSSR count). The third-order valence-electron chi connectivity index (χ3n) is 3.59. The zero-order valence-corrected chi connectivity index (χ0v) is 13.0. The molecule has 1 fully saturated rings. The Morgan fingerprint density at radius 2 is 2.30 bits per heavy atom. The summed E-state index contributed by atoms with van der Waals surface area (Å²) in [6, 6.07) is 1.73. The van der Waals surface area contributed by atoms with Crippen molar-refractivity contribution in [3.05, 3.63) is 18.5 Å². The molecular formula is C14H23N3O2S. The van der Waals surface area contributed by atoms with Gasteiger partial charge in [-0.05, 0) is 31.2 Å². The smallest absolute Gasteiger partial charge is 0.246 e. The van der Waals surface area contributed by atoms with E-state index in [4.69, 9.17) is 0 Å². The van der Waals surface area contributed by atoms with E-state index in [1.165, 1.54) is 6.20 Å². The molecule has 1 atom stereocenters. The molecule has 0 aliphatic carbocycles. The van der Waals surface area contributed by atoms with Gasteiger partial charge in [-0.25, -0.2) is 8.42 Å². The summed E-state index contributed by atoms with van der Waals surface area (Å²) in [6.07, 6.45) is 6.05. The van der Waals surface area contributed by atoms with E-state index >= 15 is 0 Å². The van der Waals surface area contributed by atoms with Crippen LogP contribution in [0.3, 0.4) is 0 Å². The lowest BCUT2D eigenvalue weighted by atomic mass is 10.0. The molecule has 1 aromatic rings. The molecular weight excluding hydrogens is 274 g/mol. The SMILES string of the molecule is CCCNc1ccncc1S(=O)(=O)N1CCCC(C)C1. The van der Waals surface area contributed by atoms with Crippen LogP contribution < -0.4 is 5.32 Å². The van der Waals surface area contributed by atoms with Gasteiger partial charge in [-0.2, -0.15) is 4.31 Å². The number of pyridine rings is 1. The van der Waals surface area contributed by atoms with Gasteiger partial charge >= 0.3 is 0 Å². The van der Waals surface area contributed by atoms with Crippen LogP contribution in [0.1, 0.15) is 33.1 Å². The van der Waals surface area contributed by atoms with Gasteiger partial charge in [-0.15, -0.1) is 0 Å². The maximum atomic E-state index is 12.8. The molecule has 0 spiro atoms. The number of piperidine rings is 1. The second-order valence-electron chi connectivity index (χ2n) is 5.41. The normalized spacial score (nSPS) is 20.8. The van der Waals surface area contributed by atoms with E-state index in [1.807, 2.05) is 0 Å². The molecule has 0 amide bonds. The highest BCUT2D eigenvalue weighted by molar-refractivity contribution is 7.89. The van der Waals surface area contributed by atoms with E-state index in [1.54, 1.807) is 16.6 Å². The van der Waals surface area contributed by atoms with E-state index in [9.17, 15) is 8.42 Å². The maximum Gasteiger partial charge on any atom is 0.246 e. The number of hydrogen-bond donors (Lipinski definition) is 1. The van der Waals surface area contributed by atoms with E-state index < -0.39 is 10.0 Å². The third-order valence-corrected chi connectivity index (χ3v) is 5.48. The number of sulfonamides is 1. The molecule has 1 aliphatic rings. The molecule has 112 valence electrons. The lowest BCUT2D eigenvalue weighted by Gasteiger charge is -2.30. The van der Waals surface area contributed by atoms with Gasteiger partial charge < -0.3 is 5.32 Å². The average molecular weight is 297 g/mol. The molecule has 6 heteroatoms. The van der Waals surface area contributed by atoms with Crippen LogP contribution in [0, 0.1) is 5.92 Å². The molecule has 5 nitrogen and oxygen atoms in total.